The lowest BCUT2D eigenvalue weighted by Gasteiger charge is -2.19. The van der Waals surface area contributed by atoms with Crippen molar-refractivity contribution in [3.05, 3.63) is 51.8 Å². The Morgan fingerprint density at radius 1 is 1.11 bits per heavy atom. The molecule has 1 aliphatic heterocycles. The fraction of sp³-hybridized carbons (Fsp3) is 0.333. The van der Waals surface area contributed by atoms with E-state index in [9.17, 15) is 4.79 Å². The van der Waals surface area contributed by atoms with E-state index < -0.39 is 0 Å². The highest BCUT2D eigenvalue weighted by Crippen LogP contribution is 2.32. The maximum atomic E-state index is 13.0. The molecule has 2 aromatic heterocycles. The fourth-order valence-corrected chi connectivity index (χ4v) is 4.40. The van der Waals surface area contributed by atoms with Crippen LogP contribution in [0.2, 0.25) is 0 Å². The van der Waals surface area contributed by atoms with E-state index in [2.05, 4.69) is 6.07 Å². The number of hydrogen-bond donors (Lipinski definition) is 0. The van der Waals surface area contributed by atoms with Crippen molar-refractivity contribution in [1.29, 1.82) is 0 Å². The number of thiophene rings is 1. The summed E-state index contributed by atoms with van der Waals surface area (Å²) in [6.07, 6.45) is 0.885. The molecule has 0 saturated carbocycles. The predicted octanol–water partition coefficient (Wildman–Crippen LogP) is 3.98. The van der Waals surface area contributed by atoms with Gasteiger partial charge in [0.25, 0.3) is 5.91 Å². The molecule has 7 heteroatoms. The second-order valence-electron chi connectivity index (χ2n) is 6.83. The average Bonchev–Trinajstić information content (AvgIpc) is 3.27. The molecule has 0 saturated heterocycles. The van der Waals surface area contributed by atoms with Crippen LogP contribution in [0.25, 0.3) is 11.3 Å². The molecule has 3 aromatic rings. The number of benzene rings is 1. The van der Waals surface area contributed by atoms with Crippen molar-refractivity contribution in [2.75, 3.05) is 20.8 Å². The van der Waals surface area contributed by atoms with Gasteiger partial charge in [0.1, 0.15) is 0 Å². The topological polar surface area (TPSA) is 56.6 Å². The zero-order valence-electron chi connectivity index (χ0n) is 16.3. The summed E-state index contributed by atoms with van der Waals surface area (Å²) in [6.45, 7) is 4.10. The molecule has 0 bridgehead atoms. The number of aryl methyl sites for hydroxylation is 2. The van der Waals surface area contributed by atoms with E-state index >= 15 is 0 Å². The summed E-state index contributed by atoms with van der Waals surface area (Å²) in [5, 5.41) is 6.74. The minimum Gasteiger partial charge on any atom is -0.493 e. The molecular weight excluding hydrogens is 374 g/mol. The Morgan fingerprint density at radius 3 is 2.64 bits per heavy atom. The van der Waals surface area contributed by atoms with Crippen LogP contribution in [0.1, 0.15) is 27.3 Å². The second kappa shape index (κ2) is 7.67. The van der Waals surface area contributed by atoms with Gasteiger partial charge in [0, 0.05) is 18.7 Å². The molecule has 0 spiro atoms. The highest BCUT2D eigenvalue weighted by Gasteiger charge is 2.24. The highest BCUT2D eigenvalue weighted by atomic mass is 32.1. The van der Waals surface area contributed by atoms with Crippen molar-refractivity contribution in [2.24, 2.45) is 0 Å². The summed E-state index contributed by atoms with van der Waals surface area (Å²) in [5.41, 5.74) is 3.92. The number of amides is 1. The summed E-state index contributed by atoms with van der Waals surface area (Å²) in [5.74, 6) is 1.47. The van der Waals surface area contributed by atoms with Gasteiger partial charge in [-0.05, 0) is 54.6 Å². The summed E-state index contributed by atoms with van der Waals surface area (Å²) in [7, 11) is 3.25. The van der Waals surface area contributed by atoms with Crippen LogP contribution in [0.15, 0.2) is 35.7 Å². The number of fused-ring (bicyclic) bond motifs is 1. The van der Waals surface area contributed by atoms with Crippen molar-refractivity contribution in [3.8, 4) is 22.8 Å². The lowest BCUT2D eigenvalue weighted by atomic mass is 10.1. The van der Waals surface area contributed by atoms with Gasteiger partial charge in [0.05, 0.1) is 37.0 Å². The molecule has 1 aliphatic rings. The first kappa shape index (κ1) is 18.6. The van der Waals surface area contributed by atoms with E-state index in [4.69, 9.17) is 14.6 Å². The van der Waals surface area contributed by atoms with E-state index in [1.165, 1.54) is 11.3 Å². The largest absolute Gasteiger partial charge is 0.493 e. The Kier molecular flexibility index (Phi) is 5.09. The molecule has 0 N–H and O–H groups in total. The first-order valence-electron chi connectivity index (χ1n) is 9.23. The molecule has 3 heterocycles. The number of aromatic nitrogens is 2. The van der Waals surface area contributed by atoms with Gasteiger partial charge in [0.15, 0.2) is 11.5 Å². The third kappa shape index (κ3) is 3.38. The smallest absolute Gasteiger partial charge is 0.264 e. The molecule has 0 unspecified atom stereocenters. The number of methoxy groups -OCH3 is 2. The Labute approximate surface area is 168 Å². The Bertz CT molecular complexity index is 1010. The van der Waals surface area contributed by atoms with Gasteiger partial charge in [-0.15, -0.1) is 11.3 Å². The van der Waals surface area contributed by atoms with E-state index in [0.29, 0.717) is 18.0 Å². The normalized spacial score (nSPS) is 13.8. The van der Waals surface area contributed by atoms with Gasteiger partial charge in [-0.1, -0.05) is 0 Å². The van der Waals surface area contributed by atoms with Crippen LogP contribution < -0.4 is 9.47 Å². The van der Waals surface area contributed by atoms with Crippen LogP contribution >= 0.6 is 11.3 Å². The van der Waals surface area contributed by atoms with E-state index in [-0.39, 0.29) is 5.91 Å². The van der Waals surface area contributed by atoms with Crippen molar-refractivity contribution in [2.45, 2.75) is 26.4 Å². The number of nitrogens with zero attached hydrogens (tertiary/aromatic N) is 3. The van der Waals surface area contributed by atoms with Crippen molar-refractivity contribution >= 4 is 17.2 Å². The second-order valence-corrected chi connectivity index (χ2v) is 7.74. The molecule has 146 valence electrons. The Balaban J connectivity index is 1.62. The van der Waals surface area contributed by atoms with Crippen molar-refractivity contribution in [1.82, 2.24) is 14.7 Å². The van der Waals surface area contributed by atoms with Crippen LogP contribution in [0, 0.1) is 6.92 Å². The third-order valence-corrected chi connectivity index (χ3v) is 6.04. The standard InChI is InChI=1S/C21H23N3O3S/c1-14-7-10-28-20(14)21(25)23-8-4-9-24-16(13-23)12-17(22-24)15-5-6-18(26-2)19(11-15)27-3/h5-7,10-12H,4,8-9,13H2,1-3H3. The lowest BCUT2D eigenvalue weighted by molar-refractivity contribution is 0.0750. The van der Waals surface area contributed by atoms with Crippen LogP contribution in [-0.2, 0) is 13.1 Å². The molecule has 0 atom stereocenters. The number of ether oxygens (including phenoxy) is 2. The van der Waals surface area contributed by atoms with E-state index in [0.717, 1.165) is 46.9 Å². The quantitative estimate of drug-likeness (QED) is 0.668. The lowest BCUT2D eigenvalue weighted by Crippen LogP contribution is -2.30. The molecule has 4 rings (SSSR count). The third-order valence-electron chi connectivity index (χ3n) is 5.04. The number of carbonyl (C=O) groups excluding carboxylic acids is 1. The summed E-state index contributed by atoms with van der Waals surface area (Å²) < 4.78 is 12.7. The first-order valence-corrected chi connectivity index (χ1v) is 10.1. The maximum absolute atomic E-state index is 13.0. The zero-order chi connectivity index (χ0) is 19.7. The number of hydrogen-bond acceptors (Lipinski definition) is 5. The zero-order valence-corrected chi connectivity index (χ0v) is 17.1. The van der Waals surface area contributed by atoms with Gasteiger partial charge in [0.2, 0.25) is 0 Å². The van der Waals surface area contributed by atoms with E-state index in [1.807, 2.05) is 46.2 Å². The van der Waals surface area contributed by atoms with Crippen molar-refractivity contribution < 1.29 is 14.3 Å². The Hall–Kier alpha value is -2.80. The molecule has 0 radical (unpaired) electrons. The number of carbonyl (C=O) groups is 1. The minimum atomic E-state index is 0.106. The maximum Gasteiger partial charge on any atom is 0.264 e. The highest BCUT2D eigenvalue weighted by molar-refractivity contribution is 7.12. The molecular formula is C21H23N3O3S. The van der Waals surface area contributed by atoms with Gasteiger partial charge in [-0.25, -0.2) is 0 Å². The van der Waals surface area contributed by atoms with Gasteiger partial charge in [-0.3, -0.25) is 9.48 Å². The summed E-state index contributed by atoms with van der Waals surface area (Å²) in [4.78, 5) is 15.7. The van der Waals surface area contributed by atoms with Crippen LogP contribution in [0.3, 0.4) is 0 Å². The molecule has 0 aliphatic carbocycles. The number of rotatable bonds is 4. The van der Waals surface area contributed by atoms with Crippen LogP contribution in [-0.4, -0.2) is 41.4 Å². The van der Waals surface area contributed by atoms with Gasteiger partial charge < -0.3 is 14.4 Å². The van der Waals surface area contributed by atoms with Crippen LogP contribution in [0.5, 0.6) is 11.5 Å². The SMILES string of the molecule is COc1ccc(-c2cc3n(n2)CCCN(C(=O)c2sccc2C)C3)cc1OC. The molecule has 1 amide bonds. The average molecular weight is 398 g/mol. The van der Waals surface area contributed by atoms with Gasteiger partial charge in [-0.2, -0.15) is 5.10 Å². The predicted molar refractivity (Wildman–Crippen MR) is 109 cm³/mol. The van der Waals surface area contributed by atoms with Gasteiger partial charge >= 0.3 is 0 Å². The monoisotopic (exact) mass is 397 g/mol. The minimum absolute atomic E-state index is 0.106. The van der Waals surface area contributed by atoms with Crippen molar-refractivity contribution in [3.63, 3.8) is 0 Å². The summed E-state index contributed by atoms with van der Waals surface area (Å²) in [6, 6.07) is 9.85. The fourth-order valence-electron chi connectivity index (χ4n) is 3.51. The molecule has 28 heavy (non-hydrogen) atoms. The molecule has 6 nitrogen and oxygen atoms in total. The molecule has 1 aromatic carbocycles. The first-order chi connectivity index (χ1) is 13.6. The van der Waals surface area contributed by atoms with Crippen LogP contribution in [0.4, 0.5) is 0 Å². The Morgan fingerprint density at radius 2 is 1.93 bits per heavy atom. The summed E-state index contributed by atoms with van der Waals surface area (Å²) >= 11 is 1.51. The molecule has 0 fully saturated rings. The van der Waals surface area contributed by atoms with E-state index in [1.54, 1.807) is 14.2 Å².